The molecule has 0 saturated carbocycles. The lowest BCUT2D eigenvalue weighted by Crippen LogP contribution is -1.82. The molecule has 0 aliphatic rings. The summed E-state index contributed by atoms with van der Waals surface area (Å²) in [5, 5.41) is 0. The molecule has 0 bridgehead atoms. The lowest BCUT2D eigenvalue weighted by molar-refractivity contribution is 1.47. The maximum absolute atomic E-state index is 3.17. The molecule has 1 nitrogen and oxygen atoms in total. The van der Waals surface area contributed by atoms with Crippen molar-refractivity contribution in [2.75, 3.05) is 17.2 Å². The molecule has 0 unspecified atom stereocenters. The predicted molar refractivity (Wildman–Crippen MR) is 55.4 cm³/mol. The van der Waals surface area contributed by atoms with E-state index in [0.29, 0.717) is 0 Å². The van der Waals surface area contributed by atoms with Gasteiger partial charge in [0.25, 0.3) is 0 Å². The van der Waals surface area contributed by atoms with Gasteiger partial charge < -0.3 is 4.72 Å². The molecular weight excluding hydrogens is 174 g/mol. The van der Waals surface area contributed by atoms with Gasteiger partial charge >= 0.3 is 0 Å². The molecule has 0 fully saturated rings. The van der Waals surface area contributed by atoms with Crippen molar-refractivity contribution in [3.63, 3.8) is 0 Å². The molecule has 0 spiro atoms. The molecule has 0 atom stereocenters. The van der Waals surface area contributed by atoms with Gasteiger partial charge in [-0.25, -0.2) is 0 Å². The van der Waals surface area contributed by atoms with Gasteiger partial charge in [-0.3, -0.25) is 0 Å². The molecular formula is C8H11NS2. The van der Waals surface area contributed by atoms with E-state index < -0.39 is 0 Å². The number of hydrogen-bond donors (Lipinski definition) is 1. The molecule has 11 heavy (non-hydrogen) atoms. The first-order valence-corrected chi connectivity index (χ1v) is 5.75. The Morgan fingerprint density at radius 2 is 1.73 bits per heavy atom. The first-order valence-electron chi connectivity index (χ1n) is 3.30. The molecule has 3 heteroatoms. The zero-order valence-corrected chi connectivity index (χ0v) is 8.26. The van der Waals surface area contributed by atoms with E-state index in [9.17, 15) is 0 Å². The van der Waals surface area contributed by atoms with Crippen molar-refractivity contribution in [1.82, 2.24) is 0 Å². The van der Waals surface area contributed by atoms with Crippen molar-refractivity contribution < 1.29 is 0 Å². The molecule has 0 aliphatic heterocycles. The van der Waals surface area contributed by atoms with E-state index in [-0.39, 0.29) is 0 Å². The van der Waals surface area contributed by atoms with Crippen LogP contribution in [0.15, 0.2) is 29.2 Å². The van der Waals surface area contributed by atoms with Crippen molar-refractivity contribution in [3.8, 4) is 0 Å². The van der Waals surface area contributed by atoms with Gasteiger partial charge in [0.1, 0.15) is 0 Å². The average molecular weight is 185 g/mol. The van der Waals surface area contributed by atoms with Crippen LogP contribution in [-0.4, -0.2) is 12.5 Å². The van der Waals surface area contributed by atoms with Crippen LogP contribution >= 0.6 is 23.7 Å². The monoisotopic (exact) mass is 185 g/mol. The van der Waals surface area contributed by atoms with Crippen molar-refractivity contribution in [2.24, 2.45) is 0 Å². The first kappa shape index (κ1) is 8.81. The fourth-order valence-corrected chi connectivity index (χ4v) is 1.56. The normalized spacial score (nSPS) is 9.64. The van der Waals surface area contributed by atoms with E-state index >= 15 is 0 Å². The van der Waals surface area contributed by atoms with Crippen LogP contribution in [0.4, 0.5) is 5.69 Å². The van der Waals surface area contributed by atoms with Crippen LogP contribution in [-0.2, 0) is 0 Å². The SMILES string of the molecule is CSNc1ccc(SC)cc1. The van der Waals surface area contributed by atoms with Crippen LogP contribution in [0.5, 0.6) is 0 Å². The summed E-state index contributed by atoms with van der Waals surface area (Å²) in [6.45, 7) is 0. The molecule has 0 aromatic heterocycles. The second-order valence-corrected chi connectivity index (χ2v) is 3.53. The number of hydrogen-bond acceptors (Lipinski definition) is 3. The summed E-state index contributed by atoms with van der Waals surface area (Å²) in [4.78, 5) is 1.30. The highest BCUT2D eigenvalue weighted by atomic mass is 32.2. The molecule has 1 aromatic rings. The summed E-state index contributed by atoms with van der Waals surface area (Å²) in [6.07, 6.45) is 4.10. The molecule has 0 heterocycles. The Morgan fingerprint density at radius 1 is 1.09 bits per heavy atom. The number of nitrogens with one attached hydrogen (secondary N) is 1. The molecule has 1 N–H and O–H groups in total. The summed E-state index contributed by atoms with van der Waals surface area (Å²) < 4.78 is 3.17. The van der Waals surface area contributed by atoms with Crippen molar-refractivity contribution in [1.29, 1.82) is 0 Å². The van der Waals surface area contributed by atoms with Crippen LogP contribution in [0.1, 0.15) is 0 Å². The van der Waals surface area contributed by atoms with Gasteiger partial charge in [0.05, 0.1) is 0 Å². The Morgan fingerprint density at radius 3 is 2.18 bits per heavy atom. The van der Waals surface area contributed by atoms with Gasteiger partial charge in [-0.1, -0.05) is 11.9 Å². The Kier molecular flexibility index (Phi) is 3.66. The quantitative estimate of drug-likeness (QED) is 0.574. The van der Waals surface area contributed by atoms with Gasteiger partial charge in [-0.2, -0.15) is 0 Å². The lowest BCUT2D eigenvalue weighted by atomic mass is 10.3. The average Bonchev–Trinajstić information content (AvgIpc) is 2.07. The van der Waals surface area contributed by atoms with Gasteiger partial charge in [-0.15, -0.1) is 11.8 Å². The van der Waals surface area contributed by atoms with Crippen LogP contribution in [0.2, 0.25) is 0 Å². The molecule has 60 valence electrons. The van der Waals surface area contributed by atoms with E-state index in [4.69, 9.17) is 0 Å². The first-order chi connectivity index (χ1) is 5.36. The van der Waals surface area contributed by atoms with Gasteiger partial charge in [0, 0.05) is 16.8 Å². The Bertz CT molecular complexity index is 208. The number of anilines is 1. The largest absolute Gasteiger partial charge is 0.330 e. The van der Waals surface area contributed by atoms with Crippen LogP contribution in [0.25, 0.3) is 0 Å². The van der Waals surface area contributed by atoms with Crippen molar-refractivity contribution >= 4 is 29.4 Å². The van der Waals surface area contributed by atoms with Gasteiger partial charge in [0.15, 0.2) is 0 Å². The third-order valence-electron chi connectivity index (χ3n) is 1.31. The predicted octanol–water partition coefficient (Wildman–Crippen LogP) is 3.10. The highest BCUT2D eigenvalue weighted by molar-refractivity contribution is 7.99. The summed E-state index contributed by atoms with van der Waals surface area (Å²) in [5.74, 6) is 0. The summed E-state index contributed by atoms with van der Waals surface area (Å²) in [5.41, 5.74) is 1.16. The van der Waals surface area contributed by atoms with E-state index in [1.54, 1.807) is 23.7 Å². The lowest BCUT2D eigenvalue weighted by Gasteiger charge is -2.01. The van der Waals surface area contributed by atoms with Crippen LogP contribution in [0.3, 0.4) is 0 Å². The van der Waals surface area contributed by atoms with Crippen LogP contribution in [0, 0.1) is 0 Å². The number of thioether (sulfide) groups is 1. The smallest absolute Gasteiger partial charge is 0.0440 e. The Labute approximate surface area is 76.1 Å². The Balaban J connectivity index is 2.66. The zero-order chi connectivity index (χ0) is 8.10. The summed E-state index contributed by atoms with van der Waals surface area (Å²) in [7, 11) is 0. The zero-order valence-electron chi connectivity index (χ0n) is 6.63. The minimum absolute atomic E-state index is 1.16. The maximum atomic E-state index is 3.17. The number of rotatable bonds is 3. The maximum Gasteiger partial charge on any atom is 0.0440 e. The standard InChI is InChI=1S/C8H11NS2/c1-10-8-5-3-7(4-6-8)9-11-2/h3-6,9H,1-2H3. The fourth-order valence-electron chi connectivity index (χ4n) is 0.777. The van der Waals surface area contributed by atoms with Crippen LogP contribution < -0.4 is 4.72 Å². The molecule has 1 rings (SSSR count). The minimum atomic E-state index is 1.16. The fraction of sp³-hybridized carbons (Fsp3) is 0.250. The third-order valence-corrected chi connectivity index (χ3v) is 2.49. The molecule has 0 aliphatic carbocycles. The van der Waals surface area contributed by atoms with Gasteiger partial charge in [0.2, 0.25) is 0 Å². The molecule has 0 saturated heterocycles. The van der Waals surface area contributed by atoms with E-state index in [0.717, 1.165) is 5.69 Å². The second-order valence-electron chi connectivity index (χ2n) is 2.03. The van der Waals surface area contributed by atoms with Gasteiger partial charge in [-0.05, 0) is 30.5 Å². The summed E-state index contributed by atoms with van der Waals surface area (Å²) >= 11 is 3.37. The highest BCUT2D eigenvalue weighted by Crippen LogP contribution is 2.18. The van der Waals surface area contributed by atoms with E-state index in [2.05, 4.69) is 35.2 Å². The number of benzene rings is 1. The molecule has 0 radical (unpaired) electrons. The van der Waals surface area contributed by atoms with E-state index in [1.165, 1.54) is 4.90 Å². The van der Waals surface area contributed by atoms with Crippen molar-refractivity contribution in [2.45, 2.75) is 4.90 Å². The topological polar surface area (TPSA) is 12.0 Å². The highest BCUT2D eigenvalue weighted by Gasteiger charge is 1.90. The van der Waals surface area contributed by atoms with E-state index in [1.807, 2.05) is 6.26 Å². The summed E-state index contributed by atoms with van der Waals surface area (Å²) in [6, 6.07) is 8.40. The molecule has 0 amide bonds. The molecule has 1 aromatic carbocycles. The second kappa shape index (κ2) is 4.57. The minimum Gasteiger partial charge on any atom is -0.330 e. The third kappa shape index (κ3) is 2.67. The van der Waals surface area contributed by atoms with Crippen molar-refractivity contribution in [3.05, 3.63) is 24.3 Å². The Hall–Kier alpha value is -0.280.